The highest BCUT2D eigenvalue weighted by Gasteiger charge is 2.20. The zero-order chi connectivity index (χ0) is 15.6. The molecule has 0 radical (unpaired) electrons. The van der Waals surface area contributed by atoms with Crippen LogP contribution in [0, 0.1) is 5.82 Å². The molecule has 2 rings (SSSR count). The Bertz CT molecular complexity index is 643. The number of benzene rings is 1. The van der Waals surface area contributed by atoms with Crippen molar-refractivity contribution in [1.29, 1.82) is 0 Å². The van der Waals surface area contributed by atoms with E-state index in [4.69, 9.17) is 23.2 Å². The van der Waals surface area contributed by atoms with Gasteiger partial charge in [0.2, 0.25) is 0 Å². The lowest BCUT2D eigenvalue weighted by atomic mass is 10.0. The Morgan fingerprint density at radius 2 is 2.05 bits per heavy atom. The van der Waals surface area contributed by atoms with Gasteiger partial charge in [0, 0.05) is 18.0 Å². The Hall–Kier alpha value is -1.10. The van der Waals surface area contributed by atoms with Crippen LogP contribution < -0.4 is 0 Å². The highest BCUT2D eigenvalue weighted by Crippen LogP contribution is 2.30. The summed E-state index contributed by atoms with van der Waals surface area (Å²) in [5, 5.41) is 15.6. The number of hydrogen-bond donors (Lipinski definition) is 1. The van der Waals surface area contributed by atoms with Gasteiger partial charge < -0.3 is 5.11 Å². The minimum atomic E-state index is -0.859. The molecule has 114 valence electrons. The van der Waals surface area contributed by atoms with Crippen molar-refractivity contribution in [3.63, 3.8) is 0 Å². The first-order valence-corrected chi connectivity index (χ1v) is 7.60. The molecule has 6 heteroatoms. The molecular weight excluding hydrogens is 314 g/mol. The number of aromatic nitrogens is 2. The predicted molar refractivity (Wildman–Crippen MR) is 82.4 cm³/mol. The van der Waals surface area contributed by atoms with Crippen LogP contribution in [0.5, 0.6) is 0 Å². The lowest BCUT2D eigenvalue weighted by Crippen LogP contribution is -2.09. The van der Waals surface area contributed by atoms with Crippen molar-refractivity contribution in [2.24, 2.45) is 0 Å². The molecule has 1 heterocycles. The molecule has 0 fully saturated rings. The first kappa shape index (κ1) is 16.3. The number of aliphatic hydroxyl groups excluding tert-OH is 1. The number of aryl methyl sites for hydroxylation is 2. The third kappa shape index (κ3) is 3.39. The van der Waals surface area contributed by atoms with E-state index in [0.29, 0.717) is 17.1 Å². The van der Waals surface area contributed by atoms with E-state index in [1.165, 1.54) is 18.2 Å². The maximum absolute atomic E-state index is 13.1. The Balaban J connectivity index is 2.31. The van der Waals surface area contributed by atoms with Crippen molar-refractivity contribution in [1.82, 2.24) is 9.78 Å². The summed E-state index contributed by atoms with van der Waals surface area (Å²) in [7, 11) is 0. The van der Waals surface area contributed by atoms with Gasteiger partial charge in [0.05, 0.1) is 22.5 Å². The van der Waals surface area contributed by atoms with E-state index in [0.717, 1.165) is 17.8 Å². The van der Waals surface area contributed by atoms with Crippen molar-refractivity contribution in [2.45, 2.75) is 39.3 Å². The lowest BCUT2D eigenvalue weighted by molar-refractivity contribution is 0.175. The zero-order valence-electron chi connectivity index (χ0n) is 11.9. The van der Waals surface area contributed by atoms with Gasteiger partial charge in [0.1, 0.15) is 5.82 Å². The third-order valence-electron chi connectivity index (χ3n) is 3.40. The molecule has 2 aromatic rings. The van der Waals surface area contributed by atoms with Crippen molar-refractivity contribution in [2.75, 3.05) is 0 Å². The average Bonchev–Trinajstić information content (AvgIpc) is 2.75. The summed E-state index contributed by atoms with van der Waals surface area (Å²) in [6.07, 6.45) is 0.152. The van der Waals surface area contributed by atoms with Crippen LogP contribution in [0.15, 0.2) is 18.2 Å². The maximum atomic E-state index is 13.1. The van der Waals surface area contributed by atoms with Gasteiger partial charge in [-0.2, -0.15) is 5.10 Å². The fraction of sp³-hybridized carbons (Fsp3) is 0.400. The van der Waals surface area contributed by atoms with E-state index < -0.39 is 11.9 Å². The summed E-state index contributed by atoms with van der Waals surface area (Å²) in [6.45, 7) is 4.60. The Morgan fingerprint density at radius 3 is 2.62 bits per heavy atom. The van der Waals surface area contributed by atoms with E-state index in [-0.39, 0.29) is 11.4 Å². The molecule has 0 amide bonds. The summed E-state index contributed by atoms with van der Waals surface area (Å²) in [4.78, 5) is 0. The van der Waals surface area contributed by atoms with Crippen LogP contribution in [0.3, 0.4) is 0 Å². The molecule has 0 saturated heterocycles. The molecule has 1 unspecified atom stereocenters. The second-order valence-corrected chi connectivity index (χ2v) is 5.55. The topological polar surface area (TPSA) is 38.0 Å². The smallest absolute Gasteiger partial charge is 0.124 e. The molecule has 0 saturated carbocycles. The maximum Gasteiger partial charge on any atom is 0.124 e. The molecule has 1 atom stereocenters. The van der Waals surface area contributed by atoms with Crippen LogP contribution in [0.1, 0.15) is 36.9 Å². The van der Waals surface area contributed by atoms with Gasteiger partial charge in [-0.05, 0) is 31.0 Å². The van der Waals surface area contributed by atoms with Crippen molar-refractivity contribution >= 4 is 23.2 Å². The first-order valence-electron chi connectivity index (χ1n) is 6.84. The van der Waals surface area contributed by atoms with Gasteiger partial charge in [0.25, 0.3) is 0 Å². The van der Waals surface area contributed by atoms with Gasteiger partial charge in [-0.1, -0.05) is 36.2 Å². The molecule has 0 aliphatic rings. The number of hydrogen-bond acceptors (Lipinski definition) is 2. The molecular formula is C15H17Cl2FN2O. The van der Waals surface area contributed by atoms with E-state index in [2.05, 4.69) is 5.10 Å². The van der Waals surface area contributed by atoms with Crippen LogP contribution in [0.25, 0.3) is 0 Å². The van der Waals surface area contributed by atoms with Crippen LogP contribution >= 0.6 is 23.2 Å². The summed E-state index contributed by atoms with van der Waals surface area (Å²) < 4.78 is 14.8. The molecule has 1 aromatic heterocycles. The van der Waals surface area contributed by atoms with E-state index in [1.54, 1.807) is 4.68 Å². The molecule has 3 nitrogen and oxygen atoms in total. The average molecular weight is 331 g/mol. The second-order valence-electron chi connectivity index (χ2n) is 4.76. The SMILES string of the molecule is CCc1nn(CC)c(CC(O)c2ccc(F)cc2Cl)c1Cl. The van der Waals surface area contributed by atoms with E-state index in [1.807, 2.05) is 13.8 Å². The zero-order valence-corrected chi connectivity index (χ0v) is 13.4. The quantitative estimate of drug-likeness (QED) is 0.892. The number of nitrogens with zero attached hydrogens (tertiary/aromatic N) is 2. The molecule has 0 bridgehead atoms. The van der Waals surface area contributed by atoms with E-state index in [9.17, 15) is 9.50 Å². The summed E-state index contributed by atoms with van der Waals surface area (Å²) in [6, 6.07) is 3.96. The van der Waals surface area contributed by atoms with Crippen LogP contribution in [-0.2, 0) is 19.4 Å². The van der Waals surface area contributed by atoms with Crippen molar-refractivity contribution < 1.29 is 9.50 Å². The monoisotopic (exact) mass is 330 g/mol. The highest BCUT2D eigenvalue weighted by atomic mass is 35.5. The second kappa shape index (κ2) is 6.77. The summed E-state index contributed by atoms with van der Waals surface area (Å²) in [5.41, 5.74) is 2.06. The number of rotatable bonds is 5. The van der Waals surface area contributed by atoms with Crippen LogP contribution in [0.2, 0.25) is 10.0 Å². The van der Waals surface area contributed by atoms with Crippen LogP contribution in [0.4, 0.5) is 4.39 Å². The van der Waals surface area contributed by atoms with E-state index >= 15 is 0 Å². The first-order chi connectivity index (χ1) is 9.97. The third-order valence-corrected chi connectivity index (χ3v) is 4.17. The van der Waals surface area contributed by atoms with Crippen molar-refractivity contribution in [3.05, 3.63) is 51.0 Å². The van der Waals surface area contributed by atoms with Crippen LogP contribution in [-0.4, -0.2) is 14.9 Å². The molecule has 21 heavy (non-hydrogen) atoms. The lowest BCUT2D eigenvalue weighted by Gasteiger charge is -2.14. The van der Waals surface area contributed by atoms with Gasteiger partial charge in [-0.25, -0.2) is 4.39 Å². The normalized spacial score (nSPS) is 12.7. The fourth-order valence-corrected chi connectivity index (χ4v) is 2.92. The van der Waals surface area contributed by atoms with Gasteiger partial charge in [-0.15, -0.1) is 0 Å². The van der Waals surface area contributed by atoms with Gasteiger partial charge in [-0.3, -0.25) is 4.68 Å². The van der Waals surface area contributed by atoms with Crippen molar-refractivity contribution in [3.8, 4) is 0 Å². The number of halogens is 3. The fourth-order valence-electron chi connectivity index (χ4n) is 2.28. The molecule has 0 aliphatic heterocycles. The highest BCUT2D eigenvalue weighted by molar-refractivity contribution is 6.32. The molecule has 0 aliphatic carbocycles. The largest absolute Gasteiger partial charge is 0.388 e. The standard InChI is InChI=1S/C15H17Cl2FN2O/c1-3-12-15(17)13(20(4-2)19-12)8-14(21)10-6-5-9(18)7-11(10)16/h5-7,14,21H,3-4,8H2,1-2H3. The Morgan fingerprint density at radius 1 is 1.33 bits per heavy atom. The summed E-state index contributed by atoms with van der Waals surface area (Å²) >= 11 is 12.3. The minimum Gasteiger partial charge on any atom is -0.388 e. The molecule has 1 N–H and O–H groups in total. The number of aliphatic hydroxyl groups is 1. The minimum absolute atomic E-state index is 0.205. The predicted octanol–water partition coefficient (Wildman–Crippen LogP) is 4.19. The Kier molecular flexibility index (Phi) is 5.25. The Labute approximate surface area is 133 Å². The molecule has 1 aromatic carbocycles. The van der Waals surface area contributed by atoms with Gasteiger partial charge in [0.15, 0.2) is 0 Å². The molecule has 0 spiro atoms. The summed E-state index contributed by atoms with van der Waals surface area (Å²) in [5.74, 6) is -0.430. The van der Waals surface area contributed by atoms with Gasteiger partial charge >= 0.3 is 0 Å².